The van der Waals surface area contributed by atoms with Crippen molar-refractivity contribution in [3.8, 4) is 0 Å². The second-order valence-electron chi connectivity index (χ2n) is 16.8. The summed E-state index contributed by atoms with van der Waals surface area (Å²) in [6.45, 7) is 7.54. The summed E-state index contributed by atoms with van der Waals surface area (Å²) in [5.74, 6) is -2.29. The first-order valence-corrected chi connectivity index (χ1v) is 28.4. The predicted octanol–water partition coefficient (Wildman–Crippen LogP) is 8.34. The van der Waals surface area contributed by atoms with Crippen molar-refractivity contribution in [2.75, 3.05) is 37.8 Å². The Hall–Kier alpha value is -7.92. The molecule has 384 valence electrons. The van der Waals surface area contributed by atoms with Crippen molar-refractivity contribution in [2.45, 2.75) is 54.2 Å². The molecule has 0 aliphatic heterocycles. The van der Waals surface area contributed by atoms with Gasteiger partial charge in [0.25, 0.3) is 40.1 Å². The third kappa shape index (κ3) is 12.1. The number of nitrogens with zero attached hydrogens (tertiary/aromatic N) is 4. The summed E-state index contributed by atoms with van der Waals surface area (Å²) in [4.78, 5) is 32.7. The Kier molecular flexibility index (Phi) is 16.1. The van der Waals surface area contributed by atoms with Gasteiger partial charge in [0.15, 0.2) is 11.6 Å². The van der Waals surface area contributed by atoms with Gasteiger partial charge in [0.2, 0.25) is 0 Å². The van der Waals surface area contributed by atoms with Crippen molar-refractivity contribution in [3.05, 3.63) is 180 Å². The minimum Gasteiger partial charge on any atom is -0.480 e. The van der Waals surface area contributed by atoms with E-state index in [4.69, 9.17) is 4.74 Å². The number of hydrogen-bond acceptors (Lipinski definition) is 13. The van der Waals surface area contributed by atoms with E-state index in [2.05, 4.69) is 19.4 Å². The Morgan fingerprint density at radius 2 is 0.784 bits per heavy atom. The van der Waals surface area contributed by atoms with Crippen molar-refractivity contribution >= 4 is 96.6 Å². The molecule has 2 heterocycles. The number of aliphatic carboxylic acids is 1. The van der Waals surface area contributed by atoms with E-state index in [-0.39, 0.29) is 54.6 Å². The molecule has 0 atom stereocenters. The number of aryl methyl sites for hydroxylation is 4. The second-order valence-corrected chi connectivity index (χ2v) is 23.9. The van der Waals surface area contributed by atoms with E-state index in [9.17, 15) is 48.4 Å². The number of fused-ring (bicyclic) bond motifs is 2. The lowest BCUT2D eigenvalue weighted by molar-refractivity contribution is -0.141. The summed E-state index contributed by atoms with van der Waals surface area (Å²) >= 11 is 0. The van der Waals surface area contributed by atoms with Gasteiger partial charge in [-0.1, -0.05) is 119 Å². The molecule has 74 heavy (non-hydrogen) atoms. The number of carbonyl (C=O) groups excluding carboxylic acids is 1. The number of ether oxygens (including phenoxy) is 1. The van der Waals surface area contributed by atoms with Gasteiger partial charge < -0.3 is 9.84 Å². The lowest BCUT2D eigenvalue weighted by Crippen LogP contribution is -2.37. The largest absolute Gasteiger partial charge is 0.480 e. The van der Waals surface area contributed by atoms with Gasteiger partial charge in [-0.05, 0) is 83.1 Å². The van der Waals surface area contributed by atoms with E-state index in [1.54, 1.807) is 111 Å². The molecule has 8 rings (SSSR count). The Morgan fingerprint density at radius 3 is 1.11 bits per heavy atom. The molecule has 0 unspecified atom stereocenters. The van der Waals surface area contributed by atoms with Crippen LogP contribution in [0.5, 0.6) is 0 Å². The fraction of sp³-hybridized carbons (Fsp3) is 0.154. The Balaban J connectivity index is 0.000000217. The number of anilines is 4. The summed E-state index contributed by atoms with van der Waals surface area (Å²) in [6.07, 6.45) is 2.43. The molecular formula is C52H50N6O12S4. The first-order chi connectivity index (χ1) is 35.0. The lowest BCUT2D eigenvalue weighted by Gasteiger charge is -2.24. The van der Waals surface area contributed by atoms with Crippen LogP contribution in [0.1, 0.15) is 29.2 Å². The minimum absolute atomic E-state index is 0.0255. The molecular weight excluding hydrogens is 1030 g/mol. The number of nitrogens with one attached hydrogen (secondary N) is 2. The van der Waals surface area contributed by atoms with Crippen LogP contribution in [0.25, 0.3) is 21.5 Å². The van der Waals surface area contributed by atoms with Crippen LogP contribution in [-0.4, -0.2) is 80.4 Å². The van der Waals surface area contributed by atoms with Crippen LogP contribution < -0.4 is 18.1 Å². The summed E-state index contributed by atoms with van der Waals surface area (Å²) < 4.78 is 118. The molecule has 2 aromatic heterocycles. The first kappa shape index (κ1) is 53.9. The van der Waals surface area contributed by atoms with E-state index in [1.807, 2.05) is 20.8 Å². The van der Waals surface area contributed by atoms with Crippen LogP contribution in [0, 0.1) is 27.7 Å². The van der Waals surface area contributed by atoms with Gasteiger partial charge in [-0.3, -0.25) is 19.0 Å². The van der Waals surface area contributed by atoms with Crippen LogP contribution in [-0.2, 0) is 54.4 Å². The molecule has 0 saturated heterocycles. The molecule has 6 aromatic carbocycles. The summed E-state index contributed by atoms with van der Waals surface area (Å²) in [5.41, 5.74) is 3.81. The zero-order valence-corrected chi connectivity index (χ0v) is 43.8. The highest BCUT2D eigenvalue weighted by Gasteiger charge is 2.32. The molecule has 0 amide bonds. The Bertz CT molecular complexity index is 3840. The Morgan fingerprint density at radius 1 is 0.473 bits per heavy atom. The minimum atomic E-state index is -4.30. The first-order valence-electron chi connectivity index (χ1n) is 22.5. The molecule has 8 aromatic rings. The highest BCUT2D eigenvalue weighted by Crippen LogP contribution is 2.36. The third-order valence-electron chi connectivity index (χ3n) is 11.2. The van der Waals surface area contributed by atoms with Gasteiger partial charge in [0, 0.05) is 21.5 Å². The van der Waals surface area contributed by atoms with Crippen LogP contribution in [0.4, 0.5) is 23.0 Å². The van der Waals surface area contributed by atoms with Gasteiger partial charge in [-0.15, -0.1) is 0 Å². The number of hydrogen-bond donors (Lipinski definition) is 3. The average molecular weight is 1080 g/mol. The Labute approximate surface area is 429 Å². The number of aromatic nitrogens is 2. The number of sulfonamides is 4. The number of esters is 1. The molecule has 0 bridgehead atoms. The summed E-state index contributed by atoms with van der Waals surface area (Å²) in [5, 5.41) is 10.8. The molecule has 0 fully saturated rings. The third-order valence-corrected chi connectivity index (χ3v) is 17.5. The normalized spacial score (nSPS) is 11.8. The molecule has 0 aliphatic rings. The molecule has 0 spiro atoms. The molecule has 22 heteroatoms. The van der Waals surface area contributed by atoms with Crippen LogP contribution in [0.2, 0.25) is 0 Å². The summed E-state index contributed by atoms with van der Waals surface area (Å²) in [7, 11) is -16.5. The number of carbonyl (C=O) groups is 2. The van der Waals surface area contributed by atoms with Crippen molar-refractivity contribution < 1.29 is 53.1 Å². The maximum atomic E-state index is 13.7. The topological polar surface area (TPSA) is 256 Å². The fourth-order valence-corrected chi connectivity index (χ4v) is 12.3. The molecule has 18 nitrogen and oxygen atoms in total. The number of pyridine rings is 2. The maximum absolute atomic E-state index is 13.7. The second kappa shape index (κ2) is 22.1. The van der Waals surface area contributed by atoms with Gasteiger partial charge in [0.05, 0.1) is 50.0 Å². The predicted molar refractivity (Wildman–Crippen MR) is 283 cm³/mol. The average Bonchev–Trinajstić information content (AvgIpc) is 3.36. The van der Waals surface area contributed by atoms with E-state index in [1.165, 1.54) is 60.9 Å². The zero-order chi connectivity index (χ0) is 53.6. The molecule has 0 saturated carbocycles. The highest BCUT2D eigenvalue weighted by atomic mass is 32.2. The zero-order valence-electron chi connectivity index (χ0n) is 40.5. The monoisotopic (exact) mass is 1080 g/mol. The number of carboxylic acids is 1. The fourth-order valence-electron chi connectivity index (χ4n) is 7.43. The van der Waals surface area contributed by atoms with Crippen molar-refractivity contribution in [3.63, 3.8) is 0 Å². The van der Waals surface area contributed by atoms with E-state index in [0.717, 1.165) is 26.6 Å². The van der Waals surface area contributed by atoms with E-state index >= 15 is 0 Å². The highest BCUT2D eigenvalue weighted by molar-refractivity contribution is 7.93. The van der Waals surface area contributed by atoms with Crippen molar-refractivity contribution in [1.82, 2.24) is 9.97 Å². The van der Waals surface area contributed by atoms with Crippen molar-refractivity contribution in [2.24, 2.45) is 0 Å². The maximum Gasteiger partial charge on any atom is 0.326 e. The number of benzene rings is 6. The SMILES string of the molecule is CCOC(=O)CN(c1ncc(NS(=O)(=O)c2ccc(C)cc2)c2ccccc12)S(=O)(=O)c1ccc(C)cc1.Cc1ccc(S(=O)(=O)Nc2cnc(N(CC(=O)O)S(=O)(=O)c3ccc(C)cc3)c3ccccc23)cc1. The molecule has 0 radical (unpaired) electrons. The smallest absolute Gasteiger partial charge is 0.326 e. The quantitative estimate of drug-likeness (QED) is 0.0725. The number of carboxylic acid groups (broad SMARTS) is 1. The molecule has 3 N–H and O–H groups in total. The van der Waals surface area contributed by atoms with Crippen molar-refractivity contribution in [1.29, 1.82) is 0 Å². The van der Waals surface area contributed by atoms with Crippen LogP contribution in [0.3, 0.4) is 0 Å². The lowest BCUT2D eigenvalue weighted by atomic mass is 10.1. The number of rotatable bonds is 17. The molecule has 0 aliphatic carbocycles. The van der Waals surface area contributed by atoms with Gasteiger partial charge in [0.1, 0.15) is 13.1 Å². The van der Waals surface area contributed by atoms with E-state index < -0.39 is 65.1 Å². The van der Waals surface area contributed by atoms with Crippen LogP contribution in [0.15, 0.2) is 178 Å². The van der Waals surface area contributed by atoms with E-state index in [0.29, 0.717) is 20.5 Å². The van der Waals surface area contributed by atoms with Crippen LogP contribution >= 0.6 is 0 Å². The van der Waals surface area contributed by atoms with Gasteiger partial charge in [-0.2, -0.15) is 0 Å². The van der Waals surface area contributed by atoms with Gasteiger partial charge >= 0.3 is 11.9 Å². The standard InChI is InChI=1S/C27H27N3O6S2.C25H23N3O6S2/c1-4-36-26(31)18-30(38(34,35)22-15-11-20(3)12-16-22)27-24-8-6-5-7-23(24)25(17-28-27)29-37(32,33)21-13-9-19(2)10-14-21;1-17-7-11-19(12-8-17)35(31,32)27-23-15-26-25(22-6-4-3-5-21(22)23)28(16-24(29)30)36(33,34)20-13-9-18(2)10-14-20/h5-17,29H,4,18H2,1-3H3;3-15,27H,16H2,1-2H3,(H,29,30). The van der Waals surface area contributed by atoms with Gasteiger partial charge in [-0.25, -0.2) is 52.2 Å². The summed E-state index contributed by atoms with van der Waals surface area (Å²) in [6, 6.07) is 38.0.